The van der Waals surface area contributed by atoms with Crippen LogP contribution < -0.4 is 0 Å². The van der Waals surface area contributed by atoms with Crippen LogP contribution in [0.15, 0.2) is 0 Å². The molecule has 0 radical (unpaired) electrons. The lowest BCUT2D eigenvalue weighted by Gasteiger charge is -2.25. The molecule has 0 atom stereocenters. The Morgan fingerprint density at radius 1 is 0.733 bits per heavy atom. The van der Waals surface area contributed by atoms with Gasteiger partial charge in [-0.2, -0.15) is 0 Å². The maximum Gasteiger partial charge on any atom is 0.0575 e. The summed E-state index contributed by atoms with van der Waals surface area (Å²) in [6, 6.07) is 0. The molecule has 2 rings (SSSR count). The van der Waals surface area contributed by atoms with E-state index in [0.717, 1.165) is 12.5 Å². The van der Waals surface area contributed by atoms with E-state index in [9.17, 15) is 0 Å². The third-order valence-corrected chi connectivity index (χ3v) is 4.16. The van der Waals surface area contributed by atoms with E-state index in [1.54, 1.807) is 0 Å². The monoisotopic (exact) mass is 210 g/mol. The summed E-state index contributed by atoms with van der Waals surface area (Å²) in [5, 5.41) is 0. The Labute approximate surface area is 94.6 Å². The molecule has 1 heteroatoms. The van der Waals surface area contributed by atoms with E-state index in [1.165, 1.54) is 70.6 Å². The zero-order valence-electron chi connectivity index (χ0n) is 10.0. The first-order valence-electron chi connectivity index (χ1n) is 7.07. The molecule has 0 bridgehead atoms. The van der Waals surface area contributed by atoms with Gasteiger partial charge in [-0.1, -0.05) is 51.4 Å². The van der Waals surface area contributed by atoms with Crippen molar-refractivity contribution in [2.24, 2.45) is 5.92 Å². The van der Waals surface area contributed by atoms with E-state index in [4.69, 9.17) is 4.74 Å². The third-order valence-electron chi connectivity index (χ3n) is 4.16. The van der Waals surface area contributed by atoms with Gasteiger partial charge in [-0.05, 0) is 25.2 Å². The molecule has 0 N–H and O–H groups in total. The van der Waals surface area contributed by atoms with Crippen LogP contribution in [-0.4, -0.2) is 12.7 Å². The van der Waals surface area contributed by atoms with E-state index >= 15 is 0 Å². The molecule has 88 valence electrons. The maximum atomic E-state index is 5.99. The van der Waals surface area contributed by atoms with Gasteiger partial charge in [0, 0.05) is 6.61 Å². The predicted molar refractivity (Wildman–Crippen MR) is 64.0 cm³/mol. The van der Waals surface area contributed by atoms with Gasteiger partial charge in [-0.3, -0.25) is 0 Å². The van der Waals surface area contributed by atoms with Gasteiger partial charge in [0.1, 0.15) is 0 Å². The molecule has 0 amide bonds. The van der Waals surface area contributed by atoms with Crippen molar-refractivity contribution in [3.05, 3.63) is 0 Å². The van der Waals surface area contributed by atoms with Crippen molar-refractivity contribution in [1.29, 1.82) is 0 Å². The minimum atomic E-state index is 0.613. The molecule has 0 aromatic rings. The second kappa shape index (κ2) is 6.52. The van der Waals surface area contributed by atoms with Crippen molar-refractivity contribution in [2.75, 3.05) is 6.61 Å². The maximum absolute atomic E-state index is 5.99. The first-order valence-corrected chi connectivity index (χ1v) is 7.07. The zero-order chi connectivity index (χ0) is 10.3. The van der Waals surface area contributed by atoms with Crippen molar-refractivity contribution in [3.63, 3.8) is 0 Å². The second-order valence-electron chi connectivity index (χ2n) is 5.42. The summed E-state index contributed by atoms with van der Waals surface area (Å²) < 4.78 is 5.99. The number of hydrogen-bond acceptors (Lipinski definition) is 1. The van der Waals surface area contributed by atoms with Crippen LogP contribution in [0.25, 0.3) is 0 Å². The van der Waals surface area contributed by atoms with Crippen LogP contribution in [0.3, 0.4) is 0 Å². The standard InChI is InChI=1S/C14H26O/c1-3-7-13(8-4-1)11-12-15-14-9-5-2-6-10-14/h13-14H,1-12H2. The average molecular weight is 210 g/mol. The molecular formula is C14H26O. The minimum Gasteiger partial charge on any atom is -0.378 e. The van der Waals surface area contributed by atoms with E-state index in [2.05, 4.69) is 0 Å². The van der Waals surface area contributed by atoms with Crippen LogP contribution in [-0.2, 0) is 4.74 Å². The van der Waals surface area contributed by atoms with E-state index in [-0.39, 0.29) is 0 Å². The SMILES string of the molecule is C1CCC(CCOC2CCCCC2)CC1. The second-order valence-corrected chi connectivity index (χ2v) is 5.42. The van der Waals surface area contributed by atoms with Gasteiger partial charge in [-0.25, -0.2) is 0 Å². The summed E-state index contributed by atoms with van der Waals surface area (Å²) in [7, 11) is 0. The van der Waals surface area contributed by atoms with Gasteiger partial charge in [0.2, 0.25) is 0 Å². The van der Waals surface area contributed by atoms with Crippen molar-refractivity contribution in [3.8, 4) is 0 Å². The number of ether oxygens (including phenoxy) is 1. The topological polar surface area (TPSA) is 9.23 Å². The van der Waals surface area contributed by atoms with Crippen LogP contribution in [0, 0.1) is 5.92 Å². The minimum absolute atomic E-state index is 0.613. The zero-order valence-corrected chi connectivity index (χ0v) is 10.0. The molecule has 2 fully saturated rings. The highest BCUT2D eigenvalue weighted by atomic mass is 16.5. The summed E-state index contributed by atoms with van der Waals surface area (Å²) >= 11 is 0. The fraction of sp³-hybridized carbons (Fsp3) is 1.00. The molecule has 0 saturated heterocycles. The van der Waals surface area contributed by atoms with Crippen LogP contribution in [0.5, 0.6) is 0 Å². The van der Waals surface area contributed by atoms with E-state index in [1.807, 2.05) is 0 Å². The summed E-state index contributed by atoms with van der Waals surface area (Å²) in [4.78, 5) is 0. The highest BCUT2D eigenvalue weighted by Crippen LogP contribution is 2.27. The lowest BCUT2D eigenvalue weighted by atomic mass is 9.87. The number of hydrogen-bond donors (Lipinski definition) is 0. The van der Waals surface area contributed by atoms with Gasteiger partial charge < -0.3 is 4.74 Å². The molecule has 15 heavy (non-hydrogen) atoms. The Balaban J connectivity index is 1.53. The van der Waals surface area contributed by atoms with Gasteiger partial charge in [0.05, 0.1) is 6.10 Å². The third kappa shape index (κ3) is 4.14. The van der Waals surface area contributed by atoms with E-state index < -0.39 is 0 Å². The van der Waals surface area contributed by atoms with Crippen molar-refractivity contribution in [1.82, 2.24) is 0 Å². The molecule has 0 aromatic heterocycles. The largest absolute Gasteiger partial charge is 0.378 e. The van der Waals surface area contributed by atoms with Gasteiger partial charge >= 0.3 is 0 Å². The number of rotatable bonds is 4. The van der Waals surface area contributed by atoms with Crippen LogP contribution in [0.4, 0.5) is 0 Å². The smallest absolute Gasteiger partial charge is 0.0575 e. The van der Waals surface area contributed by atoms with Gasteiger partial charge in [0.25, 0.3) is 0 Å². The van der Waals surface area contributed by atoms with Crippen molar-refractivity contribution in [2.45, 2.75) is 76.7 Å². The Morgan fingerprint density at radius 2 is 1.33 bits per heavy atom. The first-order chi connectivity index (χ1) is 7.45. The van der Waals surface area contributed by atoms with E-state index in [0.29, 0.717) is 6.10 Å². The molecule has 1 nitrogen and oxygen atoms in total. The van der Waals surface area contributed by atoms with Crippen LogP contribution >= 0.6 is 0 Å². The van der Waals surface area contributed by atoms with Crippen LogP contribution in [0.2, 0.25) is 0 Å². The average Bonchev–Trinajstić information content (AvgIpc) is 2.32. The van der Waals surface area contributed by atoms with Crippen molar-refractivity contribution < 1.29 is 4.74 Å². The molecule has 0 aromatic carbocycles. The molecule has 2 saturated carbocycles. The summed E-state index contributed by atoms with van der Waals surface area (Å²) in [6.07, 6.45) is 16.2. The van der Waals surface area contributed by atoms with Gasteiger partial charge in [-0.15, -0.1) is 0 Å². The molecule has 0 heterocycles. The molecular weight excluding hydrogens is 184 g/mol. The normalized spacial score (nSPS) is 25.6. The highest BCUT2D eigenvalue weighted by molar-refractivity contribution is 4.68. The Morgan fingerprint density at radius 3 is 2.00 bits per heavy atom. The summed E-state index contributed by atoms with van der Waals surface area (Å²) in [5.41, 5.74) is 0. The Bertz CT molecular complexity index is 137. The quantitative estimate of drug-likeness (QED) is 0.672. The fourth-order valence-electron chi connectivity index (χ4n) is 3.11. The molecule has 0 unspecified atom stereocenters. The molecule has 2 aliphatic carbocycles. The summed E-state index contributed by atoms with van der Waals surface area (Å²) in [5.74, 6) is 0.988. The first kappa shape index (κ1) is 11.4. The lowest BCUT2D eigenvalue weighted by Crippen LogP contribution is -2.19. The molecule has 2 aliphatic rings. The summed E-state index contributed by atoms with van der Waals surface area (Å²) in [6.45, 7) is 1.04. The molecule has 0 aliphatic heterocycles. The van der Waals surface area contributed by atoms with Crippen molar-refractivity contribution >= 4 is 0 Å². The highest BCUT2D eigenvalue weighted by Gasteiger charge is 2.16. The lowest BCUT2D eigenvalue weighted by molar-refractivity contribution is 0.0192. The Kier molecular flexibility index (Phi) is 4.98. The van der Waals surface area contributed by atoms with Gasteiger partial charge in [0.15, 0.2) is 0 Å². The van der Waals surface area contributed by atoms with Crippen LogP contribution in [0.1, 0.15) is 70.6 Å². The fourth-order valence-corrected chi connectivity index (χ4v) is 3.11. The molecule has 0 spiro atoms. The predicted octanol–water partition coefficient (Wildman–Crippen LogP) is 4.31. The Hall–Kier alpha value is -0.0400.